The van der Waals surface area contributed by atoms with Crippen molar-refractivity contribution in [1.82, 2.24) is 4.48 Å². The monoisotopic (exact) mass is 381 g/mol. The fourth-order valence-corrected chi connectivity index (χ4v) is 4.53. The van der Waals surface area contributed by atoms with Crippen molar-refractivity contribution in [3.63, 3.8) is 0 Å². The first-order valence-electron chi connectivity index (χ1n) is 9.71. The van der Waals surface area contributed by atoms with Gasteiger partial charge in [-0.2, -0.15) is 0 Å². The normalized spacial score (nSPS) is 19.8. The zero-order valence-electron chi connectivity index (χ0n) is 17.3. The van der Waals surface area contributed by atoms with Gasteiger partial charge in [-0.3, -0.25) is 4.48 Å². The molecule has 0 amide bonds. The van der Waals surface area contributed by atoms with Crippen molar-refractivity contribution in [3.8, 4) is 11.5 Å². The first-order valence-corrected chi connectivity index (χ1v) is 9.71. The van der Waals surface area contributed by atoms with Gasteiger partial charge in [0.25, 0.3) is 0 Å². The van der Waals surface area contributed by atoms with Gasteiger partial charge in [0.15, 0.2) is 11.5 Å². The molecular weight excluding hydrogens is 352 g/mol. The molecule has 0 fully saturated rings. The lowest BCUT2D eigenvalue weighted by Gasteiger charge is -2.31. The maximum Gasteiger partial charge on any atom is 0.162 e. The van der Waals surface area contributed by atoms with E-state index in [2.05, 4.69) is 37.6 Å². The average molecular weight is 381 g/mol. The van der Waals surface area contributed by atoms with Crippen LogP contribution in [0.15, 0.2) is 42.1 Å². The highest BCUT2D eigenvalue weighted by Gasteiger charge is 2.42. The van der Waals surface area contributed by atoms with Gasteiger partial charge in [-0.25, -0.2) is 0 Å². The number of hydrogen-bond acceptors (Lipinski definition) is 4. The highest BCUT2D eigenvalue weighted by molar-refractivity contribution is 5.88. The van der Waals surface area contributed by atoms with Crippen LogP contribution >= 0.6 is 0 Å². The van der Waals surface area contributed by atoms with Crippen molar-refractivity contribution in [2.45, 2.75) is 25.4 Å². The number of nitrogens with zero attached hydrogens (tertiary/aromatic N) is 1. The summed E-state index contributed by atoms with van der Waals surface area (Å²) in [4.78, 5) is 0. The summed E-state index contributed by atoms with van der Waals surface area (Å²) in [6.07, 6.45) is 3.52. The van der Waals surface area contributed by atoms with Gasteiger partial charge in [-0.05, 0) is 30.7 Å². The van der Waals surface area contributed by atoms with Gasteiger partial charge in [-0.15, -0.1) is 0 Å². The smallest absolute Gasteiger partial charge is 0.162 e. The molecule has 1 aliphatic heterocycles. The van der Waals surface area contributed by atoms with Crippen molar-refractivity contribution in [1.29, 1.82) is 0 Å². The number of rotatable bonds is 5. The van der Waals surface area contributed by atoms with Crippen LogP contribution in [-0.4, -0.2) is 41.5 Å². The van der Waals surface area contributed by atoms with Gasteiger partial charge in [-0.1, -0.05) is 0 Å². The van der Waals surface area contributed by atoms with E-state index in [-0.39, 0.29) is 0 Å². The van der Waals surface area contributed by atoms with E-state index in [0.29, 0.717) is 11.9 Å². The minimum absolute atomic E-state index is 0.328. The Hall–Kier alpha value is -2.50. The highest BCUT2D eigenvalue weighted by Crippen LogP contribution is 2.50. The molecule has 1 heterocycles. The van der Waals surface area contributed by atoms with Crippen molar-refractivity contribution >= 4 is 22.6 Å². The van der Waals surface area contributed by atoms with Gasteiger partial charge >= 0.3 is 0 Å². The van der Waals surface area contributed by atoms with E-state index in [0.717, 1.165) is 40.9 Å². The number of benzene rings is 2. The Balaban J connectivity index is 1.65. The Labute approximate surface area is 167 Å². The van der Waals surface area contributed by atoms with Crippen LogP contribution in [0, 0.1) is 0 Å². The molecule has 0 radical (unpaired) electrons. The summed E-state index contributed by atoms with van der Waals surface area (Å²) in [5.74, 6) is 1.44. The third-order valence-corrected chi connectivity index (χ3v) is 6.09. The molecule has 0 spiro atoms. The Morgan fingerprint density at radius 1 is 0.929 bits per heavy atom. The molecule has 1 unspecified atom stereocenters. The summed E-state index contributed by atoms with van der Waals surface area (Å²) < 4.78 is 17.2. The second-order valence-electron chi connectivity index (χ2n) is 7.91. The van der Waals surface area contributed by atoms with Crippen molar-refractivity contribution < 1.29 is 14.2 Å². The molecule has 4 rings (SSSR count). The average Bonchev–Trinajstić information content (AvgIpc) is 2.94. The first kappa shape index (κ1) is 18.8. The highest BCUT2D eigenvalue weighted by atomic mass is 16.5. The molecule has 28 heavy (non-hydrogen) atoms. The maximum absolute atomic E-state index is 5.65. The van der Waals surface area contributed by atoms with Crippen molar-refractivity contribution in [3.05, 3.63) is 47.7 Å². The number of methoxy groups -OCH3 is 3. The molecule has 148 valence electrons. The van der Waals surface area contributed by atoms with E-state index in [1.54, 1.807) is 14.2 Å². The predicted molar refractivity (Wildman–Crippen MR) is 114 cm³/mol. The number of anilines is 2. The molecule has 1 aliphatic carbocycles. The molecule has 1 atom stereocenters. The topological polar surface area (TPSA) is 39.7 Å². The van der Waals surface area contributed by atoms with E-state index < -0.39 is 0 Å². The Morgan fingerprint density at radius 3 is 2.36 bits per heavy atom. The summed E-state index contributed by atoms with van der Waals surface area (Å²) in [7, 11) is 9.69. The summed E-state index contributed by atoms with van der Waals surface area (Å²) >= 11 is 0. The molecule has 0 saturated heterocycles. The molecule has 0 saturated carbocycles. The van der Waals surface area contributed by atoms with Crippen LogP contribution in [0.2, 0.25) is 0 Å². The van der Waals surface area contributed by atoms with Crippen LogP contribution in [0.1, 0.15) is 24.8 Å². The van der Waals surface area contributed by atoms with E-state index in [4.69, 9.17) is 14.2 Å². The lowest BCUT2D eigenvalue weighted by molar-refractivity contribution is 0.0947. The number of ether oxygens (including phenoxy) is 3. The van der Waals surface area contributed by atoms with Crippen LogP contribution in [0.5, 0.6) is 11.5 Å². The summed E-state index contributed by atoms with van der Waals surface area (Å²) in [6, 6.07) is 12.5. The minimum Gasteiger partial charge on any atom is -0.493 e. The molecule has 2 aromatic rings. The Bertz CT molecular complexity index is 933. The van der Waals surface area contributed by atoms with Crippen LogP contribution in [0.3, 0.4) is 0 Å². The molecule has 5 heteroatoms. The van der Waals surface area contributed by atoms with Crippen molar-refractivity contribution in [2.75, 3.05) is 40.7 Å². The van der Waals surface area contributed by atoms with Gasteiger partial charge < -0.3 is 19.5 Å². The second-order valence-corrected chi connectivity index (χ2v) is 7.91. The Kier molecular flexibility index (Phi) is 4.81. The third-order valence-electron chi connectivity index (χ3n) is 6.09. The van der Waals surface area contributed by atoms with Gasteiger partial charge in [0, 0.05) is 54.6 Å². The fourth-order valence-electron chi connectivity index (χ4n) is 4.53. The van der Waals surface area contributed by atoms with Gasteiger partial charge in [0.2, 0.25) is 0 Å². The van der Waals surface area contributed by atoms with Crippen LogP contribution < -0.4 is 19.3 Å². The zero-order chi connectivity index (χ0) is 19.9. The molecular formula is C23H29N2O3+. The summed E-state index contributed by atoms with van der Waals surface area (Å²) in [5, 5.41) is 3.51. The largest absolute Gasteiger partial charge is 0.493 e. The van der Waals surface area contributed by atoms with E-state index >= 15 is 0 Å². The first-order chi connectivity index (χ1) is 13.5. The lowest BCUT2D eigenvalue weighted by atomic mass is 9.91. The van der Waals surface area contributed by atoms with Gasteiger partial charge in [0.05, 0.1) is 34.4 Å². The number of nitrogens with one attached hydrogen (secondary N) is 1. The Morgan fingerprint density at radius 2 is 1.64 bits per heavy atom. The predicted octanol–water partition coefficient (Wildman–Crippen LogP) is 4.94. The lowest BCUT2D eigenvalue weighted by Crippen LogP contribution is -2.38. The van der Waals surface area contributed by atoms with Crippen molar-refractivity contribution in [2.24, 2.45) is 0 Å². The van der Waals surface area contributed by atoms with Crippen LogP contribution in [-0.2, 0) is 4.74 Å². The third kappa shape index (κ3) is 3.05. The van der Waals surface area contributed by atoms with E-state index in [1.807, 2.05) is 25.3 Å². The molecule has 0 aromatic heterocycles. The number of quaternary nitrogens is 1. The van der Waals surface area contributed by atoms with Gasteiger partial charge in [0.1, 0.15) is 11.4 Å². The zero-order valence-corrected chi connectivity index (χ0v) is 17.3. The van der Waals surface area contributed by atoms with Crippen LogP contribution in [0.25, 0.3) is 5.57 Å². The van der Waals surface area contributed by atoms with E-state index in [1.165, 1.54) is 22.5 Å². The summed E-state index contributed by atoms with van der Waals surface area (Å²) in [6.45, 7) is 0. The standard InChI is InChI=1S/C23H29N2O3/c1-25(2)20-10-8-17(26-3)14-19(20)18-9-6-15(12-21(18)25)24-16-7-11-22(27-4)23(13-16)28-5/h6-7,9,11-13,17,24H,8,10,14H2,1-5H3/q+1. The number of allylic oxidation sites excluding steroid dienone is 1. The minimum atomic E-state index is 0.328. The molecule has 0 bridgehead atoms. The quantitative estimate of drug-likeness (QED) is 0.745. The SMILES string of the molecule is COc1ccc(Nc2ccc3c(c2)[N+](C)(C)C2=C3CC(OC)CC2)cc1OC. The maximum atomic E-state index is 5.65. The molecule has 1 N–H and O–H groups in total. The fraction of sp³-hybridized carbons (Fsp3) is 0.391. The summed E-state index contributed by atoms with van der Waals surface area (Å²) in [5.41, 5.74) is 7.73. The molecule has 2 aliphatic rings. The number of fused-ring (bicyclic) bond motifs is 2. The molecule has 2 aromatic carbocycles. The second kappa shape index (κ2) is 7.15. The number of hydrogen-bond donors (Lipinski definition) is 1. The van der Waals surface area contributed by atoms with Crippen LogP contribution in [0.4, 0.5) is 17.1 Å². The van der Waals surface area contributed by atoms with E-state index in [9.17, 15) is 0 Å². The molecule has 5 nitrogen and oxygen atoms in total.